The van der Waals surface area contributed by atoms with Crippen LogP contribution in [0.1, 0.15) is 32.3 Å². The first-order valence-electron chi connectivity index (χ1n) is 6.57. The molecule has 0 aliphatic heterocycles. The van der Waals surface area contributed by atoms with Crippen LogP contribution in [0, 0.1) is 5.92 Å². The highest BCUT2D eigenvalue weighted by Crippen LogP contribution is 2.08. The van der Waals surface area contributed by atoms with E-state index in [1.54, 1.807) is 0 Å². The van der Waals surface area contributed by atoms with E-state index in [1.807, 2.05) is 18.2 Å². The van der Waals surface area contributed by atoms with Crippen LogP contribution in [0.4, 0.5) is 0 Å². The van der Waals surface area contributed by atoms with Gasteiger partial charge in [0.25, 0.3) is 0 Å². The van der Waals surface area contributed by atoms with Crippen LogP contribution in [0.15, 0.2) is 30.3 Å². The maximum atomic E-state index is 10.7. The van der Waals surface area contributed by atoms with E-state index in [0.717, 1.165) is 13.0 Å². The van der Waals surface area contributed by atoms with Gasteiger partial charge in [0.15, 0.2) is 0 Å². The summed E-state index contributed by atoms with van der Waals surface area (Å²) in [5, 5.41) is 12.2. The van der Waals surface area contributed by atoms with Crippen LogP contribution >= 0.6 is 0 Å². The minimum Gasteiger partial charge on any atom is -0.481 e. The third kappa shape index (κ3) is 6.40. The molecule has 0 aliphatic rings. The molecule has 3 nitrogen and oxygen atoms in total. The number of hydrogen-bond acceptors (Lipinski definition) is 2. The Labute approximate surface area is 109 Å². The molecule has 1 aromatic rings. The van der Waals surface area contributed by atoms with Crippen molar-refractivity contribution in [3.05, 3.63) is 35.9 Å². The minimum atomic E-state index is -0.723. The van der Waals surface area contributed by atoms with E-state index in [2.05, 4.69) is 31.3 Å². The van der Waals surface area contributed by atoms with Crippen LogP contribution in [0.5, 0.6) is 0 Å². The van der Waals surface area contributed by atoms with Gasteiger partial charge in [0.2, 0.25) is 0 Å². The van der Waals surface area contributed by atoms with Crippen molar-refractivity contribution in [2.75, 3.05) is 6.54 Å². The van der Waals surface area contributed by atoms with Gasteiger partial charge in [0.1, 0.15) is 0 Å². The Morgan fingerprint density at radius 2 is 1.94 bits per heavy atom. The number of carbonyl (C=O) groups is 1. The Morgan fingerprint density at radius 3 is 2.50 bits per heavy atom. The third-order valence-corrected chi connectivity index (χ3v) is 2.85. The number of benzene rings is 1. The fourth-order valence-corrected chi connectivity index (χ4v) is 1.87. The predicted molar refractivity (Wildman–Crippen MR) is 73.6 cm³/mol. The van der Waals surface area contributed by atoms with E-state index >= 15 is 0 Å². The van der Waals surface area contributed by atoms with Crippen molar-refractivity contribution >= 4 is 5.97 Å². The summed E-state index contributed by atoms with van der Waals surface area (Å²) in [7, 11) is 0. The monoisotopic (exact) mass is 249 g/mol. The number of rotatable bonds is 8. The zero-order valence-corrected chi connectivity index (χ0v) is 11.2. The normalized spacial score (nSPS) is 12.6. The van der Waals surface area contributed by atoms with E-state index in [1.165, 1.54) is 5.56 Å². The maximum Gasteiger partial charge on any atom is 0.303 e. The van der Waals surface area contributed by atoms with Gasteiger partial charge >= 0.3 is 5.97 Å². The lowest BCUT2D eigenvalue weighted by Crippen LogP contribution is -2.34. The van der Waals surface area contributed by atoms with Crippen molar-refractivity contribution in [3.8, 4) is 0 Å². The standard InChI is InChI=1S/C15H23NO2/c1-12(2)11-16-14(8-9-15(17)18)10-13-6-4-3-5-7-13/h3-7,12,14,16H,8-11H2,1-2H3,(H,17,18). The second-order valence-corrected chi connectivity index (χ2v) is 5.12. The summed E-state index contributed by atoms with van der Waals surface area (Å²) in [5.41, 5.74) is 1.25. The molecule has 0 bridgehead atoms. The van der Waals surface area contributed by atoms with Crippen LogP contribution in [0.3, 0.4) is 0 Å². The average molecular weight is 249 g/mol. The molecule has 1 aromatic carbocycles. The van der Waals surface area contributed by atoms with Crippen LogP contribution < -0.4 is 5.32 Å². The minimum absolute atomic E-state index is 0.225. The number of carboxylic acid groups (broad SMARTS) is 1. The van der Waals surface area contributed by atoms with Crippen molar-refractivity contribution in [1.82, 2.24) is 5.32 Å². The van der Waals surface area contributed by atoms with E-state index in [9.17, 15) is 4.79 Å². The lowest BCUT2D eigenvalue weighted by molar-refractivity contribution is -0.137. The van der Waals surface area contributed by atoms with E-state index in [4.69, 9.17) is 5.11 Å². The number of aliphatic carboxylic acids is 1. The highest BCUT2D eigenvalue weighted by molar-refractivity contribution is 5.66. The first-order valence-corrected chi connectivity index (χ1v) is 6.57. The number of hydrogen-bond donors (Lipinski definition) is 2. The van der Waals surface area contributed by atoms with E-state index < -0.39 is 5.97 Å². The first-order chi connectivity index (χ1) is 8.58. The van der Waals surface area contributed by atoms with Gasteiger partial charge in [-0.1, -0.05) is 44.2 Å². The summed E-state index contributed by atoms with van der Waals surface area (Å²) in [4.78, 5) is 10.7. The summed E-state index contributed by atoms with van der Waals surface area (Å²) in [5.74, 6) is -0.146. The molecule has 0 fully saturated rings. The molecule has 1 atom stereocenters. The number of nitrogens with one attached hydrogen (secondary N) is 1. The molecule has 1 rings (SSSR count). The molecular formula is C15H23NO2. The highest BCUT2D eigenvalue weighted by atomic mass is 16.4. The van der Waals surface area contributed by atoms with Crippen molar-refractivity contribution in [1.29, 1.82) is 0 Å². The first kappa shape index (κ1) is 14.7. The molecule has 18 heavy (non-hydrogen) atoms. The Balaban J connectivity index is 2.50. The molecule has 100 valence electrons. The van der Waals surface area contributed by atoms with E-state index in [0.29, 0.717) is 12.3 Å². The Kier molecular flexibility index (Phi) is 6.44. The molecule has 2 N–H and O–H groups in total. The number of carboxylic acids is 1. The third-order valence-electron chi connectivity index (χ3n) is 2.85. The van der Waals surface area contributed by atoms with E-state index in [-0.39, 0.29) is 12.5 Å². The molecular weight excluding hydrogens is 226 g/mol. The topological polar surface area (TPSA) is 49.3 Å². The van der Waals surface area contributed by atoms with Crippen LogP contribution in [0.2, 0.25) is 0 Å². The Bertz CT molecular complexity index is 349. The Hall–Kier alpha value is -1.35. The van der Waals surface area contributed by atoms with Crippen molar-refractivity contribution < 1.29 is 9.90 Å². The average Bonchev–Trinajstić information content (AvgIpc) is 2.33. The molecule has 0 aliphatic carbocycles. The molecule has 3 heteroatoms. The largest absolute Gasteiger partial charge is 0.481 e. The summed E-state index contributed by atoms with van der Waals surface area (Å²) >= 11 is 0. The van der Waals surface area contributed by atoms with Gasteiger partial charge in [-0.15, -0.1) is 0 Å². The van der Waals surface area contributed by atoms with Crippen LogP contribution in [-0.2, 0) is 11.2 Å². The molecule has 0 radical (unpaired) electrons. The highest BCUT2D eigenvalue weighted by Gasteiger charge is 2.11. The van der Waals surface area contributed by atoms with Gasteiger partial charge < -0.3 is 10.4 Å². The summed E-state index contributed by atoms with van der Waals surface area (Å²) in [6, 6.07) is 10.5. The van der Waals surface area contributed by atoms with Gasteiger partial charge in [-0.2, -0.15) is 0 Å². The van der Waals surface area contributed by atoms with Gasteiger partial charge in [-0.3, -0.25) is 4.79 Å². The lowest BCUT2D eigenvalue weighted by atomic mass is 10.0. The second kappa shape index (κ2) is 7.88. The fraction of sp³-hybridized carbons (Fsp3) is 0.533. The smallest absolute Gasteiger partial charge is 0.303 e. The fourth-order valence-electron chi connectivity index (χ4n) is 1.87. The Morgan fingerprint density at radius 1 is 1.28 bits per heavy atom. The van der Waals surface area contributed by atoms with Crippen molar-refractivity contribution in [2.45, 2.75) is 39.2 Å². The van der Waals surface area contributed by atoms with Gasteiger partial charge in [0.05, 0.1) is 0 Å². The SMILES string of the molecule is CC(C)CNC(CCC(=O)O)Cc1ccccc1. The van der Waals surface area contributed by atoms with Crippen molar-refractivity contribution in [3.63, 3.8) is 0 Å². The summed E-state index contributed by atoms with van der Waals surface area (Å²) < 4.78 is 0. The molecule has 0 spiro atoms. The predicted octanol–water partition coefficient (Wildman–Crippen LogP) is 2.71. The van der Waals surface area contributed by atoms with Crippen molar-refractivity contribution in [2.24, 2.45) is 5.92 Å². The molecule has 0 aromatic heterocycles. The zero-order chi connectivity index (χ0) is 13.4. The molecule has 1 unspecified atom stereocenters. The quantitative estimate of drug-likeness (QED) is 0.744. The molecule has 0 saturated heterocycles. The lowest BCUT2D eigenvalue weighted by Gasteiger charge is -2.19. The van der Waals surface area contributed by atoms with Gasteiger partial charge in [-0.05, 0) is 30.9 Å². The second-order valence-electron chi connectivity index (χ2n) is 5.12. The molecule has 0 heterocycles. The maximum absolute atomic E-state index is 10.7. The van der Waals surface area contributed by atoms with Crippen LogP contribution in [-0.4, -0.2) is 23.7 Å². The molecule has 0 saturated carbocycles. The molecule has 0 amide bonds. The van der Waals surface area contributed by atoms with Crippen LogP contribution in [0.25, 0.3) is 0 Å². The van der Waals surface area contributed by atoms with Gasteiger partial charge in [0, 0.05) is 12.5 Å². The van der Waals surface area contributed by atoms with Gasteiger partial charge in [-0.25, -0.2) is 0 Å². The summed E-state index contributed by atoms with van der Waals surface area (Å²) in [6.07, 6.45) is 1.79. The summed E-state index contributed by atoms with van der Waals surface area (Å²) in [6.45, 7) is 5.24. The zero-order valence-electron chi connectivity index (χ0n) is 11.2.